The zero-order valence-electron chi connectivity index (χ0n) is 27.5. The third-order valence-corrected chi connectivity index (χ3v) is 9.15. The molecule has 0 aromatic rings. The van der Waals surface area contributed by atoms with E-state index in [1.54, 1.807) is 0 Å². The molecule has 1 saturated heterocycles. The lowest BCUT2D eigenvalue weighted by atomic mass is 9.72. The van der Waals surface area contributed by atoms with Gasteiger partial charge in [-0.25, -0.2) is 0 Å². The molecule has 1 nitrogen and oxygen atoms in total. The lowest BCUT2D eigenvalue weighted by Crippen LogP contribution is -2.54. The van der Waals surface area contributed by atoms with Crippen LogP contribution in [0.1, 0.15) is 194 Å². The minimum Gasteiger partial charge on any atom is -0.305 e. The predicted octanol–water partition coefficient (Wildman–Crippen LogP) is 13.0. The van der Waals surface area contributed by atoms with Crippen molar-refractivity contribution in [1.29, 1.82) is 0 Å². The van der Waals surface area contributed by atoms with Gasteiger partial charge in [-0.1, -0.05) is 154 Å². The number of hydrogen-bond donors (Lipinski definition) is 0. The molecular formula is C38H73N. The molecule has 0 radical (unpaired) electrons. The molecule has 39 heavy (non-hydrogen) atoms. The summed E-state index contributed by atoms with van der Waals surface area (Å²) in [6, 6.07) is 0. The van der Waals surface area contributed by atoms with E-state index in [2.05, 4.69) is 50.1 Å². The van der Waals surface area contributed by atoms with Crippen molar-refractivity contribution >= 4 is 0 Å². The standard InChI is InChI=1S/C38H73N/c1-4-6-8-10-12-14-16-18-20-22-24-26-28-30-32-34-38(36-39(3)37-38)35-33-31-29-27-25-23-21-19-17-15-13-11-9-7-5-2/h18-21H,4-17,22-37H2,1-3H3/b20-18+,21-19+. The van der Waals surface area contributed by atoms with Crippen LogP contribution in [0.5, 0.6) is 0 Å². The van der Waals surface area contributed by atoms with Crippen molar-refractivity contribution in [3.63, 3.8) is 0 Å². The Morgan fingerprint density at radius 1 is 0.410 bits per heavy atom. The summed E-state index contributed by atoms with van der Waals surface area (Å²) in [4.78, 5) is 2.55. The molecule has 0 spiro atoms. The minimum atomic E-state index is 0.674. The molecule has 230 valence electrons. The van der Waals surface area contributed by atoms with Crippen molar-refractivity contribution in [1.82, 2.24) is 4.90 Å². The maximum absolute atomic E-state index is 2.55. The molecule has 1 fully saturated rings. The molecule has 1 aliphatic rings. The normalized spacial score (nSPS) is 15.6. The Morgan fingerprint density at radius 2 is 0.692 bits per heavy atom. The molecule has 0 N–H and O–H groups in total. The second kappa shape index (κ2) is 27.6. The van der Waals surface area contributed by atoms with Gasteiger partial charge in [-0.05, 0) is 76.7 Å². The average Bonchev–Trinajstić information content (AvgIpc) is 2.92. The topological polar surface area (TPSA) is 3.24 Å². The first-order valence-corrected chi connectivity index (χ1v) is 18.2. The van der Waals surface area contributed by atoms with Gasteiger partial charge in [-0.2, -0.15) is 0 Å². The summed E-state index contributed by atoms with van der Waals surface area (Å²) in [5.41, 5.74) is 0.674. The van der Waals surface area contributed by atoms with Gasteiger partial charge in [0.05, 0.1) is 0 Å². The van der Waals surface area contributed by atoms with E-state index < -0.39 is 0 Å². The molecule has 0 atom stereocenters. The molecule has 0 aliphatic carbocycles. The number of nitrogens with zero attached hydrogens (tertiary/aromatic N) is 1. The van der Waals surface area contributed by atoms with Crippen molar-refractivity contribution in [2.75, 3.05) is 20.1 Å². The molecule has 1 rings (SSSR count). The van der Waals surface area contributed by atoms with E-state index in [9.17, 15) is 0 Å². The molecule has 0 bridgehead atoms. The van der Waals surface area contributed by atoms with E-state index in [1.807, 2.05) is 0 Å². The minimum absolute atomic E-state index is 0.674. The highest BCUT2D eigenvalue weighted by Crippen LogP contribution is 2.40. The highest BCUT2D eigenvalue weighted by atomic mass is 15.2. The Morgan fingerprint density at radius 3 is 1.00 bits per heavy atom. The number of unbranched alkanes of at least 4 members (excludes halogenated alkanes) is 22. The number of rotatable bonds is 30. The van der Waals surface area contributed by atoms with Gasteiger partial charge in [-0.3, -0.25) is 0 Å². The molecule has 0 unspecified atom stereocenters. The molecule has 1 heterocycles. The number of hydrogen-bond acceptors (Lipinski definition) is 1. The molecular weight excluding hydrogens is 470 g/mol. The van der Waals surface area contributed by atoms with E-state index in [1.165, 1.54) is 193 Å². The fourth-order valence-corrected chi connectivity index (χ4v) is 6.68. The fourth-order valence-electron chi connectivity index (χ4n) is 6.68. The van der Waals surface area contributed by atoms with Crippen LogP contribution in [0.4, 0.5) is 0 Å². The van der Waals surface area contributed by atoms with Gasteiger partial charge < -0.3 is 4.90 Å². The largest absolute Gasteiger partial charge is 0.305 e. The maximum atomic E-state index is 2.55. The van der Waals surface area contributed by atoms with Gasteiger partial charge >= 0.3 is 0 Å². The highest BCUT2D eigenvalue weighted by molar-refractivity contribution is 4.93. The van der Waals surface area contributed by atoms with Crippen LogP contribution in [0.3, 0.4) is 0 Å². The average molecular weight is 544 g/mol. The van der Waals surface area contributed by atoms with E-state index in [0.29, 0.717) is 5.41 Å². The van der Waals surface area contributed by atoms with Gasteiger partial charge in [0.2, 0.25) is 0 Å². The fraction of sp³-hybridized carbons (Fsp3) is 0.895. The summed E-state index contributed by atoms with van der Waals surface area (Å²) in [6.45, 7) is 7.32. The van der Waals surface area contributed by atoms with Gasteiger partial charge in [0.25, 0.3) is 0 Å². The van der Waals surface area contributed by atoms with E-state index in [-0.39, 0.29) is 0 Å². The third-order valence-electron chi connectivity index (χ3n) is 9.15. The van der Waals surface area contributed by atoms with Crippen LogP contribution >= 0.6 is 0 Å². The van der Waals surface area contributed by atoms with Crippen LogP contribution < -0.4 is 0 Å². The highest BCUT2D eigenvalue weighted by Gasteiger charge is 2.39. The van der Waals surface area contributed by atoms with Crippen LogP contribution in [0.25, 0.3) is 0 Å². The Labute approximate surface area is 248 Å². The summed E-state index contributed by atoms with van der Waals surface area (Å²) in [7, 11) is 2.32. The van der Waals surface area contributed by atoms with E-state index >= 15 is 0 Å². The lowest BCUT2D eigenvalue weighted by molar-refractivity contribution is 0.00256. The Balaban J connectivity index is 1.91. The van der Waals surface area contributed by atoms with Gasteiger partial charge in [0, 0.05) is 13.1 Å². The molecule has 0 amide bonds. The lowest BCUT2D eigenvalue weighted by Gasteiger charge is -2.49. The van der Waals surface area contributed by atoms with Crippen molar-refractivity contribution in [2.45, 2.75) is 194 Å². The summed E-state index contributed by atoms with van der Waals surface area (Å²) >= 11 is 0. The van der Waals surface area contributed by atoms with Crippen LogP contribution in [0.15, 0.2) is 24.3 Å². The monoisotopic (exact) mass is 544 g/mol. The van der Waals surface area contributed by atoms with Crippen LogP contribution in [-0.2, 0) is 0 Å². The first-order valence-electron chi connectivity index (χ1n) is 18.2. The molecule has 0 aromatic heterocycles. The van der Waals surface area contributed by atoms with E-state index in [0.717, 1.165) is 0 Å². The maximum Gasteiger partial charge on any atom is 0.00474 e. The van der Waals surface area contributed by atoms with Crippen molar-refractivity contribution in [3.05, 3.63) is 24.3 Å². The van der Waals surface area contributed by atoms with Crippen molar-refractivity contribution in [2.24, 2.45) is 5.41 Å². The van der Waals surface area contributed by atoms with Crippen molar-refractivity contribution < 1.29 is 0 Å². The number of allylic oxidation sites excluding steroid dienone is 4. The molecule has 1 aliphatic heterocycles. The van der Waals surface area contributed by atoms with Crippen LogP contribution in [0.2, 0.25) is 0 Å². The first-order chi connectivity index (χ1) is 19.2. The van der Waals surface area contributed by atoms with Gasteiger partial charge in [0.15, 0.2) is 0 Å². The summed E-state index contributed by atoms with van der Waals surface area (Å²) in [5, 5.41) is 0. The second-order valence-corrected chi connectivity index (χ2v) is 13.3. The molecule has 0 aromatic carbocycles. The first kappa shape index (κ1) is 36.5. The third kappa shape index (κ3) is 22.8. The summed E-state index contributed by atoms with van der Waals surface area (Å²) in [6.07, 6.45) is 49.4. The van der Waals surface area contributed by atoms with Gasteiger partial charge in [0.1, 0.15) is 0 Å². The second-order valence-electron chi connectivity index (χ2n) is 13.3. The Bertz CT molecular complexity index is 499. The van der Waals surface area contributed by atoms with E-state index in [4.69, 9.17) is 0 Å². The quantitative estimate of drug-likeness (QED) is 0.0643. The Kier molecular flexibility index (Phi) is 25.8. The number of likely N-dealkylation sites (tertiary alicyclic amines) is 1. The zero-order valence-corrected chi connectivity index (χ0v) is 27.5. The van der Waals surface area contributed by atoms with Crippen LogP contribution in [-0.4, -0.2) is 25.0 Å². The zero-order chi connectivity index (χ0) is 28.1. The summed E-state index contributed by atoms with van der Waals surface area (Å²) in [5.74, 6) is 0. The smallest absolute Gasteiger partial charge is 0.00474 e. The molecule has 1 heteroatoms. The SMILES string of the molecule is CCCCCCCC/C=C/CCCCCCCC1(CCCCCCC/C=C/CCCCCCCC)CN(C)C1. The summed E-state index contributed by atoms with van der Waals surface area (Å²) < 4.78 is 0. The van der Waals surface area contributed by atoms with Crippen LogP contribution in [0, 0.1) is 5.41 Å². The molecule has 0 saturated carbocycles. The predicted molar refractivity (Wildman–Crippen MR) is 179 cm³/mol. The van der Waals surface area contributed by atoms with Crippen molar-refractivity contribution in [3.8, 4) is 0 Å². The van der Waals surface area contributed by atoms with Gasteiger partial charge in [-0.15, -0.1) is 0 Å². The Hall–Kier alpha value is -0.560.